The van der Waals surface area contributed by atoms with Crippen molar-refractivity contribution in [1.82, 2.24) is 5.32 Å². The Morgan fingerprint density at radius 3 is 1.82 bits per heavy atom. The second-order valence-electron chi connectivity index (χ2n) is 6.31. The third-order valence-electron chi connectivity index (χ3n) is 4.48. The predicted octanol–water partition coefficient (Wildman–Crippen LogP) is 0.319. The van der Waals surface area contributed by atoms with Crippen LogP contribution in [0.15, 0.2) is 36.4 Å². The Morgan fingerprint density at radius 1 is 0.786 bits per heavy atom. The fourth-order valence-corrected chi connectivity index (χ4v) is 3.20. The summed E-state index contributed by atoms with van der Waals surface area (Å²) in [4.78, 5) is 37.5. The molecule has 0 atom stereocenters. The molecule has 0 fully saturated rings. The number of amides is 1. The van der Waals surface area contributed by atoms with E-state index in [1.807, 2.05) is 0 Å². The number of rotatable bonds is 8. The number of ketones is 2. The standard InChI is InChI=1S/C20H23N5O3/c21-7-8-23-14-5-6-15(24-9-10-25-16(26)11-22)18-17(14)19(27)12-3-1-2-4-13(12)20(18)28/h1-6,23-24H,7-11,21-22H2,(H,25,26). The molecule has 0 spiro atoms. The third-order valence-corrected chi connectivity index (χ3v) is 4.48. The lowest BCUT2D eigenvalue weighted by Gasteiger charge is -2.24. The molecule has 2 aromatic rings. The van der Waals surface area contributed by atoms with Crippen LogP contribution in [0.25, 0.3) is 0 Å². The summed E-state index contributed by atoms with van der Waals surface area (Å²) >= 11 is 0. The lowest BCUT2D eigenvalue weighted by Crippen LogP contribution is -2.34. The molecule has 0 saturated carbocycles. The highest BCUT2D eigenvalue weighted by molar-refractivity contribution is 6.31. The van der Waals surface area contributed by atoms with Gasteiger partial charge in [0, 0.05) is 48.7 Å². The highest BCUT2D eigenvalue weighted by Crippen LogP contribution is 2.36. The van der Waals surface area contributed by atoms with E-state index in [0.717, 1.165) is 0 Å². The summed E-state index contributed by atoms with van der Waals surface area (Å²) in [5.74, 6) is -0.676. The van der Waals surface area contributed by atoms with Crippen LogP contribution in [0.1, 0.15) is 31.8 Å². The number of nitrogens with one attached hydrogen (secondary N) is 3. The molecule has 1 amide bonds. The zero-order valence-electron chi connectivity index (χ0n) is 15.4. The van der Waals surface area contributed by atoms with E-state index in [1.165, 1.54) is 0 Å². The largest absolute Gasteiger partial charge is 0.383 e. The van der Waals surface area contributed by atoms with Gasteiger partial charge in [-0.25, -0.2) is 0 Å². The van der Waals surface area contributed by atoms with Crippen LogP contribution in [0.5, 0.6) is 0 Å². The zero-order valence-corrected chi connectivity index (χ0v) is 15.4. The van der Waals surface area contributed by atoms with E-state index in [4.69, 9.17) is 11.5 Å². The summed E-state index contributed by atoms with van der Waals surface area (Å²) in [7, 11) is 0. The predicted molar refractivity (Wildman–Crippen MR) is 108 cm³/mol. The van der Waals surface area contributed by atoms with E-state index in [-0.39, 0.29) is 24.0 Å². The molecule has 0 heterocycles. The minimum atomic E-state index is -0.259. The molecule has 8 nitrogen and oxygen atoms in total. The topological polar surface area (TPSA) is 139 Å². The lowest BCUT2D eigenvalue weighted by atomic mass is 9.82. The Kier molecular flexibility index (Phi) is 6.03. The van der Waals surface area contributed by atoms with Gasteiger partial charge in [0.05, 0.1) is 17.7 Å². The molecular weight excluding hydrogens is 358 g/mol. The molecule has 2 aromatic carbocycles. The van der Waals surface area contributed by atoms with E-state index in [1.54, 1.807) is 36.4 Å². The first-order chi connectivity index (χ1) is 13.6. The number of hydrogen-bond acceptors (Lipinski definition) is 7. The second kappa shape index (κ2) is 8.64. The van der Waals surface area contributed by atoms with Gasteiger partial charge in [0.2, 0.25) is 5.91 Å². The van der Waals surface area contributed by atoms with Crippen molar-refractivity contribution in [3.8, 4) is 0 Å². The molecule has 1 aliphatic carbocycles. The molecular formula is C20H23N5O3. The molecule has 1 aliphatic rings. The molecule has 3 rings (SSSR count). The summed E-state index contributed by atoms with van der Waals surface area (Å²) < 4.78 is 0. The van der Waals surface area contributed by atoms with Crippen molar-refractivity contribution in [1.29, 1.82) is 0 Å². The average molecular weight is 381 g/mol. The van der Waals surface area contributed by atoms with Crippen LogP contribution < -0.4 is 27.4 Å². The summed E-state index contributed by atoms with van der Waals surface area (Å²) in [6.07, 6.45) is 0. The molecule has 0 unspecified atom stereocenters. The Morgan fingerprint density at radius 2 is 1.32 bits per heavy atom. The molecule has 0 radical (unpaired) electrons. The van der Waals surface area contributed by atoms with E-state index < -0.39 is 0 Å². The number of nitrogens with two attached hydrogens (primary N) is 2. The van der Waals surface area contributed by atoms with Crippen molar-refractivity contribution in [3.05, 3.63) is 58.7 Å². The molecule has 7 N–H and O–H groups in total. The number of fused-ring (bicyclic) bond motifs is 2. The summed E-state index contributed by atoms with van der Waals surface area (Å²) in [6.45, 7) is 1.52. The molecule has 0 bridgehead atoms. The van der Waals surface area contributed by atoms with E-state index in [0.29, 0.717) is 59.8 Å². The number of carbonyl (C=O) groups is 3. The normalized spacial score (nSPS) is 12.2. The van der Waals surface area contributed by atoms with Crippen LogP contribution in [-0.2, 0) is 4.79 Å². The van der Waals surface area contributed by atoms with Crippen LogP contribution in [0.4, 0.5) is 11.4 Å². The molecule has 146 valence electrons. The van der Waals surface area contributed by atoms with Gasteiger partial charge in [-0.1, -0.05) is 24.3 Å². The van der Waals surface area contributed by atoms with Crippen molar-refractivity contribution in [3.63, 3.8) is 0 Å². The maximum absolute atomic E-state index is 13.2. The number of benzene rings is 2. The van der Waals surface area contributed by atoms with Crippen molar-refractivity contribution < 1.29 is 14.4 Å². The summed E-state index contributed by atoms with van der Waals surface area (Å²) in [5, 5.41) is 8.91. The quantitative estimate of drug-likeness (QED) is 0.354. The molecule has 28 heavy (non-hydrogen) atoms. The smallest absolute Gasteiger partial charge is 0.233 e. The van der Waals surface area contributed by atoms with Gasteiger partial charge in [-0.15, -0.1) is 0 Å². The zero-order chi connectivity index (χ0) is 20.1. The van der Waals surface area contributed by atoms with Crippen LogP contribution in [-0.4, -0.2) is 50.2 Å². The fourth-order valence-electron chi connectivity index (χ4n) is 3.20. The highest BCUT2D eigenvalue weighted by atomic mass is 16.2. The van der Waals surface area contributed by atoms with Gasteiger partial charge in [-0.05, 0) is 12.1 Å². The van der Waals surface area contributed by atoms with Crippen LogP contribution in [0, 0.1) is 0 Å². The SMILES string of the molecule is NCCNc1ccc(NCCNC(=O)CN)c2c1C(=O)c1ccccc1C2=O. The average Bonchev–Trinajstić information content (AvgIpc) is 2.73. The Labute approximate surface area is 162 Å². The lowest BCUT2D eigenvalue weighted by molar-refractivity contribution is -0.119. The van der Waals surface area contributed by atoms with E-state index >= 15 is 0 Å². The minimum Gasteiger partial charge on any atom is -0.383 e. The number of anilines is 2. The van der Waals surface area contributed by atoms with Crippen LogP contribution in [0.3, 0.4) is 0 Å². The maximum atomic E-state index is 13.2. The van der Waals surface area contributed by atoms with Crippen molar-refractivity contribution in [2.45, 2.75) is 0 Å². The van der Waals surface area contributed by atoms with Gasteiger partial charge >= 0.3 is 0 Å². The highest BCUT2D eigenvalue weighted by Gasteiger charge is 2.33. The van der Waals surface area contributed by atoms with Gasteiger partial charge in [-0.2, -0.15) is 0 Å². The van der Waals surface area contributed by atoms with Gasteiger partial charge in [-0.3, -0.25) is 14.4 Å². The van der Waals surface area contributed by atoms with Crippen LogP contribution >= 0.6 is 0 Å². The number of carbonyl (C=O) groups excluding carboxylic acids is 3. The van der Waals surface area contributed by atoms with Gasteiger partial charge in [0.25, 0.3) is 0 Å². The molecule has 8 heteroatoms. The monoisotopic (exact) mass is 381 g/mol. The van der Waals surface area contributed by atoms with Gasteiger partial charge < -0.3 is 27.4 Å². The van der Waals surface area contributed by atoms with Crippen molar-refractivity contribution >= 4 is 28.8 Å². The minimum absolute atomic E-state index is 0.0827. The third kappa shape index (κ3) is 3.73. The van der Waals surface area contributed by atoms with E-state index in [2.05, 4.69) is 16.0 Å². The van der Waals surface area contributed by atoms with Gasteiger partial charge in [0.1, 0.15) is 0 Å². The molecule has 0 aromatic heterocycles. The Hall–Kier alpha value is -3.23. The fraction of sp³-hybridized carbons (Fsp3) is 0.250. The molecule has 0 aliphatic heterocycles. The summed E-state index contributed by atoms with van der Waals surface area (Å²) in [6, 6.07) is 10.3. The van der Waals surface area contributed by atoms with Crippen molar-refractivity contribution in [2.24, 2.45) is 11.5 Å². The maximum Gasteiger partial charge on any atom is 0.233 e. The van der Waals surface area contributed by atoms with Crippen LogP contribution in [0.2, 0.25) is 0 Å². The Balaban J connectivity index is 1.96. The summed E-state index contributed by atoms with van der Waals surface area (Å²) in [5.41, 5.74) is 13.4. The van der Waals surface area contributed by atoms with E-state index in [9.17, 15) is 14.4 Å². The number of hydrogen-bond donors (Lipinski definition) is 5. The first-order valence-electron chi connectivity index (χ1n) is 9.08. The van der Waals surface area contributed by atoms with Gasteiger partial charge in [0.15, 0.2) is 11.6 Å². The second-order valence-corrected chi connectivity index (χ2v) is 6.31. The Bertz CT molecular complexity index is 926. The first-order valence-corrected chi connectivity index (χ1v) is 9.08. The van der Waals surface area contributed by atoms with Crippen molar-refractivity contribution in [2.75, 3.05) is 43.4 Å². The first kappa shape index (κ1) is 19.5. The molecule has 0 saturated heterocycles.